The number of benzene rings is 1. The Morgan fingerprint density at radius 3 is 2.53 bits per heavy atom. The molecule has 30 heavy (non-hydrogen) atoms. The van der Waals surface area contributed by atoms with E-state index in [0.717, 1.165) is 23.3 Å². The number of urea groups is 2. The molecule has 0 spiro atoms. The zero-order valence-electron chi connectivity index (χ0n) is 16.8. The van der Waals surface area contributed by atoms with Gasteiger partial charge >= 0.3 is 18.0 Å². The predicted octanol–water partition coefficient (Wildman–Crippen LogP) is 0.665. The van der Waals surface area contributed by atoms with Crippen LogP contribution in [0, 0.1) is 5.92 Å². The van der Waals surface area contributed by atoms with Crippen molar-refractivity contribution >= 4 is 29.8 Å². The first-order chi connectivity index (χ1) is 14.2. The molecule has 1 aliphatic carbocycles. The molecule has 1 aromatic rings. The molecule has 1 aromatic carbocycles. The van der Waals surface area contributed by atoms with Gasteiger partial charge in [-0.05, 0) is 38.2 Å². The summed E-state index contributed by atoms with van der Waals surface area (Å²) in [5, 5.41) is 7.22. The standard InChI is InChI=1S/C20H24N4O6/c1-12(16(26)22-18(28)21-10-13-6-4-3-5-7-13)30-15(25)11-24-17(27)20(2,14-8-9-14)23-19(24)29/h3-7,12,14H,8-11H2,1-2H3,(H,23,29)(H2,21,22,26,28)/t12-,20+/m0/s1. The smallest absolute Gasteiger partial charge is 0.327 e. The topological polar surface area (TPSA) is 134 Å². The van der Waals surface area contributed by atoms with Gasteiger partial charge < -0.3 is 15.4 Å². The van der Waals surface area contributed by atoms with E-state index in [1.54, 1.807) is 6.92 Å². The maximum Gasteiger partial charge on any atom is 0.327 e. The molecule has 0 radical (unpaired) electrons. The number of nitrogens with one attached hydrogen (secondary N) is 3. The van der Waals surface area contributed by atoms with Crippen LogP contribution < -0.4 is 16.0 Å². The lowest BCUT2D eigenvalue weighted by Crippen LogP contribution is -2.47. The van der Waals surface area contributed by atoms with Gasteiger partial charge in [0.15, 0.2) is 6.10 Å². The van der Waals surface area contributed by atoms with Gasteiger partial charge in [-0.2, -0.15) is 0 Å². The molecule has 0 aromatic heterocycles. The van der Waals surface area contributed by atoms with Crippen LogP contribution in [-0.2, 0) is 25.7 Å². The van der Waals surface area contributed by atoms with E-state index < -0.39 is 48.0 Å². The van der Waals surface area contributed by atoms with Crippen molar-refractivity contribution in [3.8, 4) is 0 Å². The number of carbonyl (C=O) groups excluding carboxylic acids is 5. The summed E-state index contributed by atoms with van der Waals surface area (Å²) < 4.78 is 4.97. The van der Waals surface area contributed by atoms with Crippen LogP contribution in [0.5, 0.6) is 0 Å². The number of imide groups is 2. The average molecular weight is 416 g/mol. The summed E-state index contributed by atoms with van der Waals surface area (Å²) in [6, 6.07) is 7.72. The highest BCUT2D eigenvalue weighted by Gasteiger charge is 2.56. The van der Waals surface area contributed by atoms with Crippen LogP contribution in [0.25, 0.3) is 0 Å². The quantitative estimate of drug-likeness (QED) is 0.442. The largest absolute Gasteiger partial charge is 0.451 e. The maximum atomic E-state index is 12.5. The van der Waals surface area contributed by atoms with E-state index in [4.69, 9.17) is 4.74 Å². The Kier molecular flexibility index (Phi) is 6.04. The molecule has 6 amide bonds. The van der Waals surface area contributed by atoms with Crippen molar-refractivity contribution in [2.45, 2.75) is 44.9 Å². The fraction of sp³-hybridized carbons (Fsp3) is 0.450. The third-order valence-corrected chi connectivity index (χ3v) is 5.19. The molecule has 1 saturated heterocycles. The lowest BCUT2D eigenvalue weighted by Gasteiger charge is -2.21. The Bertz CT molecular complexity index is 869. The lowest BCUT2D eigenvalue weighted by atomic mass is 9.96. The highest BCUT2D eigenvalue weighted by Crippen LogP contribution is 2.42. The van der Waals surface area contributed by atoms with Crippen LogP contribution in [0.4, 0.5) is 9.59 Å². The van der Waals surface area contributed by atoms with E-state index in [1.807, 2.05) is 30.3 Å². The van der Waals surface area contributed by atoms with Crippen LogP contribution in [-0.4, -0.2) is 52.9 Å². The van der Waals surface area contributed by atoms with Gasteiger partial charge in [0.1, 0.15) is 12.1 Å². The Labute approximate surface area is 173 Å². The third kappa shape index (κ3) is 4.76. The van der Waals surface area contributed by atoms with E-state index >= 15 is 0 Å². The van der Waals surface area contributed by atoms with Crippen molar-refractivity contribution in [2.24, 2.45) is 5.92 Å². The first-order valence-corrected chi connectivity index (χ1v) is 9.67. The Morgan fingerprint density at radius 1 is 1.23 bits per heavy atom. The number of nitrogens with zero attached hydrogens (tertiary/aromatic N) is 1. The molecule has 3 rings (SSSR count). The fourth-order valence-corrected chi connectivity index (χ4v) is 3.25. The van der Waals surface area contributed by atoms with Crippen LogP contribution in [0.1, 0.15) is 32.3 Å². The average Bonchev–Trinajstić information content (AvgIpc) is 3.53. The minimum absolute atomic E-state index is 0.0640. The number of ether oxygens (including phenoxy) is 1. The number of esters is 1. The molecule has 0 bridgehead atoms. The van der Waals surface area contributed by atoms with Gasteiger partial charge in [0, 0.05) is 6.54 Å². The van der Waals surface area contributed by atoms with Crippen molar-refractivity contribution in [1.82, 2.24) is 20.9 Å². The molecular weight excluding hydrogens is 392 g/mol. The summed E-state index contributed by atoms with van der Waals surface area (Å²) in [6.07, 6.45) is 0.393. The summed E-state index contributed by atoms with van der Waals surface area (Å²) >= 11 is 0. The first kappa shape index (κ1) is 21.3. The predicted molar refractivity (Wildman–Crippen MR) is 104 cm³/mol. The normalized spacial score (nSPS) is 21.6. The van der Waals surface area contributed by atoms with Gasteiger partial charge in [-0.25, -0.2) is 9.59 Å². The molecule has 1 aliphatic heterocycles. The first-order valence-electron chi connectivity index (χ1n) is 9.67. The molecule has 1 saturated carbocycles. The summed E-state index contributed by atoms with van der Waals surface area (Å²) in [6.45, 7) is 2.54. The molecule has 10 heteroatoms. The highest BCUT2D eigenvalue weighted by atomic mass is 16.5. The summed E-state index contributed by atoms with van der Waals surface area (Å²) in [5.41, 5.74) is -0.150. The van der Waals surface area contributed by atoms with Gasteiger partial charge in [0.25, 0.3) is 11.8 Å². The fourth-order valence-electron chi connectivity index (χ4n) is 3.25. The minimum atomic E-state index is -1.28. The number of amides is 6. The van der Waals surface area contributed by atoms with Crippen molar-refractivity contribution in [1.29, 1.82) is 0 Å². The van der Waals surface area contributed by atoms with Gasteiger partial charge in [-0.1, -0.05) is 30.3 Å². The number of rotatable bonds is 7. The number of hydrogen-bond acceptors (Lipinski definition) is 6. The Hall–Kier alpha value is -3.43. The number of carbonyl (C=O) groups is 5. The molecule has 1 heterocycles. The maximum absolute atomic E-state index is 12.5. The molecule has 160 valence electrons. The second-order valence-corrected chi connectivity index (χ2v) is 7.59. The highest BCUT2D eigenvalue weighted by molar-refractivity contribution is 6.09. The van der Waals surface area contributed by atoms with Gasteiger partial charge in [-0.3, -0.25) is 24.6 Å². The third-order valence-electron chi connectivity index (χ3n) is 5.19. The van der Waals surface area contributed by atoms with Crippen LogP contribution in [0.15, 0.2) is 30.3 Å². The molecule has 2 atom stereocenters. The molecular formula is C20H24N4O6. The van der Waals surface area contributed by atoms with Crippen molar-refractivity contribution < 1.29 is 28.7 Å². The molecule has 3 N–H and O–H groups in total. The zero-order chi connectivity index (χ0) is 21.9. The zero-order valence-corrected chi connectivity index (χ0v) is 16.8. The van der Waals surface area contributed by atoms with Crippen molar-refractivity contribution in [3.63, 3.8) is 0 Å². The van der Waals surface area contributed by atoms with E-state index in [2.05, 4.69) is 16.0 Å². The molecule has 2 fully saturated rings. The van der Waals surface area contributed by atoms with Crippen molar-refractivity contribution in [3.05, 3.63) is 35.9 Å². The SMILES string of the molecule is C[C@H](OC(=O)CN1C(=O)N[C@](C)(C2CC2)C1=O)C(=O)NC(=O)NCc1ccccc1. The van der Waals surface area contributed by atoms with E-state index in [-0.39, 0.29) is 12.5 Å². The Morgan fingerprint density at radius 2 is 1.90 bits per heavy atom. The van der Waals surface area contributed by atoms with E-state index in [9.17, 15) is 24.0 Å². The molecule has 0 unspecified atom stereocenters. The number of hydrogen-bond donors (Lipinski definition) is 3. The molecule has 2 aliphatic rings. The van der Waals surface area contributed by atoms with Gasteiger partial charge in [0.2, 0.25) is 0 Å². The summed E-state index contributed by atoms with van der Waals surface area (Å²) in [5.74, 6) is -2.17. The van der Waals surface area contributed by atoms with Crippen molar-refractivity contribution in [2.75, 3.05) is 6.54 Å². The van der Waals surface area contributed by atoms with Crippen LogP contribution in [0.2, 0.25) is 0 Å². The monoisotopic (exact) mass is 416 g/mol. The second kappa shape index (κ2) is 8.52. The summed E-state index contributed by atoms with van der Waals surface area (Å²) in [4.78, 5) is 61.4. The molecule has 10 nitrogen and oxygen atoms in total. The van der Waals surface area contributed by atoms with Crippen LogP contribution >= 0.6 is 0 Å². The van der Waals surface area contributed by atoms with Crippen LogP contribution in [0.3, 0.4) is 0 Å². The van der Waals surface area contributed by atoms with E-state index in [1.165, 1.54) is 6.92 Å². The van der Waals surface area contributed by atoms with Gasteiger partial charge in [-0.15, -0.1) is 0 Å². The van der Waals surface area contributed by atoms with Gasteiger partial charge in [0.05, 0.1) is 0 Å². The lowest BCUT2D eigenvalue weighted by molar-refractivity contribution is -0.156. The van der Waals surface area contributed by atoms with E-state index in [0.29, 0.717) is 0 Å². The second-order valence-electron chi connectivity index (χ2n) is 7.59. The Balaban J connectivity index is 1.44. The summed E-state index contributed by atoms with van der Waals surface area (Å²) in [7, 11) is 0. The minimum Gasteiger partial charge on any atom is -0.451 e.